The fourth-order valence-corrected chi connectivity index (χ4v) is 3.67. The first kappa shape index (κ1) is 23.9. The van der Waals surface area contributed by atoms with Crippen LogP contribution in [0.4, 0.5) is 18.9 Å². The van der Waals surface area contributed by atoms with Gasteiger partial charge in [0.25, 0.3) is 0 Å². The second kappa shape index (κ2) is 10.3. The number of alkyl halides is 3. The van der Waals surface area contributed by atoms with E-state index in [0.29, 0.717) is 27.8 Å². The number of amides is 1. The van der Waals surface area contributed by atoms with Gasteiger partial charge in [0, 0.05) is 11.3 Å². The van der Waals surface area contributed by atoms with Gasteiger partial charge in [-0.1, -0.05) is 17.8 Å². The maximum absolute atomic E-state index is 12.9. The van der Waals surface area contributed by atoms with Gasteiger partial charge >= 0.3 is 6.18 Å². The summed E-state index contributed by atoms with van der Waals surface area (Å²) in [5, 5.41) is 12.1. The van der Waals surface area contributed by atoms with Gasteiger partial charge in [0.15, 0.2) is 11.5 Å². The van der Waals surface area contributed by atoms with Crippen LogP contribution in [0, 0.1) is 11.3 Å². The molecule has 0 radical (unpaired) electrons. The van der Waals surface area contributed by atoms with E-state index in [0.717, 1.165) is 23.9 Å². The Labute approximate surface area is 192 Å². The zero-order chi connectivity index (χ0) is 24.0. The van der Waals surface area contributed by atoms with Crippen molar-refractivity contribution in [2.45, 2.75) is 11.2 Å². The predicted molar refractivity (Wildman–Crippen MR) is 118 cm³/mol. The van der Waals surface area contributed by atoms with Gasteiger partial charge in [0.1, 0.15) is 11.1 Å². The Hall–Kier alpha value is -3.71. The highest BCUT2D eigenvalue weighted by Crippen LogP contribution is 2.33. The van der Waals surface area contributed by atoms with Crippen molar-refractivity contribution in [2.75, 3.05) is 25.3 Å². The van der Waals surface area contributed by atoms with Crippen LogP contribution in [-0.4, -0.2) is 30.9 Å². The third-order valence-corrected chi connectivity index (χ3v) is 5.46. The quantitative estimate of drug-likeness (QED) is 0.464. The Morgan fingerprint density at radius 2 is 1.85 bits per heavy atom. The fraction of sp³-hybridized carbons (Fsp3) is 0.174. The van der Waals surface area contributed by atoms with Crippen LogP contribution >= 0.6 is 11.8 Å². The van der Waals surface area contributed by atoms with Crippen molar-refractivity contribution in [2.24, 2.45) is 0 Å². The van der Waals surface area contributed by atoms with Crippen LogP contribution in [0.15, 0.2) is 59.6 Å². The molecule has 6 nitrogen and oxygen atoms in total. The number of rotatable bonds is 7. The van der Waals surface area contributed by atoms with E-state index in [4.69, 9.17) is 9.47 Å². The summed E-state index contributed by atoms with van der Waals surface area (Å²) >= 11 is 1.01. The summed E-state index contributed by atoms with van der Waals surface area (Å²) in [6, 6.07) is 14.9. The molecule has 1 heterocycles. The molecule has 10 heteroatoms. The highest BCUT2D eigenvalue weighted by molar-refractivity contribution is 8.00. The van der Waals surface area contributed by atoms with Gasteiger partial charge in [-0.25, -0.2) is 4.98 Å². The summed E-state index contributed by atoms with van der Waals surface area (Å²) in [4.78, 5) is 16.8. The topological polar surface area (TPSA) is 84.2 Å². The van der Waals surface area contributed by atoms with Crippen LogP contribution in [0.3, 0.4) is 0 Å². The van der Waals surface area contributed by atoms with E-state index in [9.17, 15) is 23.2 Å². The second-order valence-electron chi connectivity index (χ2n) is 6.65. The summed E-state index contributed by atoms with van der Waals surface area (Å²) < 4.78 is 49.1. The lowest BCUT2D eigenvalue weighted by Crippen LogP contribution is -2.15. The summed E-state index contributed by atoms with van der Waals surface area (Å²) in [6.07, 6.45) is -4.51. The van der Waals surface area contributed by atoms with E-state index in [-0.39, 0.29) is 17.0 Å². The van der Waals surface area contributed by atoms with Crippen molar-refractivity contribution in [1.82, 2.24) is 4.98 Å². The minimum Gasteiger partial charge on any atom is -0.493 e. The molecule has 0 fully saturated rings. The van der Waals surface area contributed by atoms with E-state index >= 15 is 0 Å². The first-order valence-electron chi connectivity index (χ1n) is 9.48. The molecule has 1 aromatic heterocycles. The molecule has 0 saturated heterocycles. The first-order chi connectivity index (χ1) is 15.7. The number of carbonyl (C=O) groups excluding carboxylic acids is 1. The molecule has 1 amide bonds. The lowest BCUT2D eigenvalue weighted by molar-refractivity contribution is -0.137. The molecule has 33 heavy (non-hydrogen) atoms. The molecular formula is C23H18F3N3O3S. The molecule has 0 bridgehead atoms. The summed E-state index contributed by atoms with van der Waals surface area (Å²) in [5.74, 6) is 0.390. The van der Waals surface area contributed by atoms with Gasteiger partial charge in [-0.05, 0) is 48.5 Å². The Kier molecular flexibility index (Phi) is 7.45. The number of anilines is 1. The zero-order valence-corrected chi connectivity index (χ0v) is 18.4. The van der Waals surface area contributed by atoms with E-state index in [1.165, 1.54) is 26.4 Å². The van der Waals surface area contributed by atoms with Gasteiger partial charge in [-0.2, -0.15) is 18.4 Å². The molecule has 0 saturated carbocycles. The molecule has 0 aliphatic carbocycles. The minimum absolute atomic E-state index is 0.0305. The van der Waals surface area contributed by atoms with Crippen molar-refractivity contribution in [1.29, 1.82) is 5.26 Å². The largest absolute Gasteiger partial charge is 0.493 e. The van der Waals surface area contributed by atoms with E-state index in [1.807, 2.05) is 6.07 Å². The first-order valence-corrected chi connectivity index (χ1v) is 10.5. The summed E-state index contributed by atoms with van der Waals surface area (Å²) in [6.45, 7) is 0. The third kappa shape index (κ3) is 5.96. The maximum atomic E-state index is 12.9. The number of pyridine rings is 1. The molecule has 0 aliphatic heterocycles. The predicted octanol–water partition coefficient (Wildman–Crippen LogP) is 5.39. The van der Waals surface area contributed by atoms with Crippen molar-refractivity contribution >= 4 is 23.4 Å². The molecule has 0 spiro atoms. The fourth-order valence-electron chi connectivity index (χ4n) is 2.90. The molecule has 2 aromatic carbocycles. The molecular weight excluding hydrogens is 455 g/mol. The number of nitrogens with one attached hydrogen (secondary N) is 1. The van der Waals surface area contributed by atoms with Crippen molar-refractivity contribution in [3.8, 4) is 28.8 Å². The summed E-state index contributed by atoms with van der Waals surface area (Å²) in [5.41, 5.74) is 0.714. The SMILES string of the molecule is COc1ccc(-c2ccc(C#N)c(SCC(=O)Nc3cccc(C(F)(F)F)c3)n2)cc1OC. The zero-order valence-electron chi connectivity index (χ0n) is 17.6. The Morgan fingerprint density at radius 1 is 1.09 bits per heavy atom. The lowest BCUT2D eigenvalue weighted by Gasteiger charge is -2.11. The standard InChI is InChI=1S/C23H18F3N3O3S/c1-31-19-9-7-14(10-20(19)32-2)18-8-6-15(12-27)22(29-18)33-13-21(30)28-17-5-3-4-16(11-17)23(24,25)26/h3-11H,13H2,1-2H3,(H,28,30). The van der Waals surface area contributed by atoms with Crippen LogP contribution in [0.5, 0.6) is 11.5 Å². The average Bonchev–Trinajstić information content (AvgIpc) is 2.81. The number of methoxy groups -OCH3 is 2. The number of benzene rings is 2. The molecule has 1 N–H and O–H groups in total. The highest BCUT2D eigenvalue weighted by Gasteiger charge is 2.30. The van der Waals surface area contributed by atoms with Crippen LogP contribution < -0.4 is 14.8 Å². The maximum Gasteiger partial charge on any atom is 0.416 e. The molecule has 0 aliphatic rings. The van der Waals surface area contributed by atoms with Crippen LogP contribution in [0.1, 0.15) is 11.1 Å². The van der Waals surface area contributed by atoms with Gasteiger partial charge in [0.05, 0.1) is 36.8 Å². The van der Waals surface area contributed by atoms with Gasteiger partial charge in [-0.15, -0.1) is 0 Å². The van der Waals surface area contributed by atoms with E-state index < -0.39 is 17.6 Å². The normalized spacial score (nSPS) is 10.9. The second-order valence-corrected chi connectivity index (χ2v) is 7.61. The number of nitrogens with zero attached hydrogens (tertiary/aromatic N) is 2. The number of hydrogen-bond donors (Lipinski definition) is 1. The molecule has 170 valence electrons. The number of aromatic nitrogens is 1. The van der Waals surface area contributed by atoms with Crippen molar-refractivity contribution in [3.05, 3.63) is 65.7 Å². The van der Waals surface area contributed by atoms with Crippen molar-refractivity contribution in [3.63, 3.8) is 0 Å². The number of thioether (sulfide) groups is 1. The Balaban J connectivity index is 1.76. The van der Waals surface area contributed by atoms with Crippen LogP contribution in [-0.2, 0) is 11.0 Å². The number of halogens is 3. The summed E-state index contributed by atoms with van der Waals surface area (Å²) in [7, 11) is 3.04. The van der Waals surface area contributed by atoms with E-state index in [1.54, 1.807) is 30.3 Å². The van der Waals surface area contributed by atoms with E-state index in [2.05, 4.69) is 10.3 Å². The van der Waals surface area contributed by atoms with Gasteiger partial charge in [0.2, 0.25) is 5.91 Å². The van der Waals surface area contributed by atoms with Crippen LogP contribution in [0.25, 0.3) is 11.3 Å². The lowest BCUT2D eigenvalue weighted by atomic mass is 10.1. The van der Waals surface area contributed by atoms with Crippen LogP contribution in [0.2, 0.25) is 0 Å². The monoisotopic (exact) mass is 473 g/mol. The smallest absolute Gasteiger partial charge is 0.416 e. The Bertz CT molecular complexity index is 1210. The van der Waals surface area contributed by atoms with Gasteiger partial charge < -0.3 is 14.8 Å². The molecule has 0 atom stereocenters. The number of hydrogen-bond acceptors (Lipinski definition) is 6. The van der Waals surface area contributed by atoms with Crippen molar-refractivity contribution < 1.29 is 27.4 Å². The average molecular weight is 473 g/mol. The molecule has 3 rings (SSSR count). The third-order valence-electron chi connectivity index (χ3n) is 4.47. The number of nitriles is 1. The van der Waals surface area contributed by atoms with Gasteiger partial charge in [-0.3, -0.25) is 4.79 Å². The minimum atomic E-state index is -4.51. The Morgan fingerprint density at radius 3 is 2.52 bits per heavy atom. The number of carbonyl (C=O) groups is 1. The number of ether oxygens (including phenoxy) is 2. The highest BCUT2D eigenvalue weighted by atomic mass is 32.2. The molecule has 3 aromatic rings. The molecule has 0 unspecified atom stereocenters.